The van der Waals surface area contributed by atoms with E-state index in [0.29, 0.717) is 53.1 Å². The number of H-pyrrole nitrogens is 1. The van der Waals surface area contributed by atoms with Gasteiger partial charge in [-0.15, -0.1) is 11.3 Å². The molecule has 10 nitrogen and oxygen atoms in total. The van der Waals surface area contributed by atoms with Crippen molar-refractivity contribution in [2.75, 3.05) is 45.9 Å². The number of aromatic nitrogens is 1. The van der Waals surface area contributed by atoms with Crippen molar-refractivity contribution >= 4 is 34.0 Å². The number of fused-ring (bicyclic) bond motifs is 4. The van der Waals surface area contributed by atoms with E-state index < -0.39 is 6.10 Å². The van der Waals surface area contributed by atoms with Gasteiger partial charge in [0, 0.05) is 53.1 Å². The molecule has 0 radical (unpaired) electrons. The number of unbranched alkanes of at least 4 members (excludes halogenated alkanes) is 3. The van der Waals surface area contributed by atoms with Crippen LogP contribution in [0.25, 0.3) is 10.9 Å². The number of hydrogen-bond acceptors (Lipinski definition) is 9. The van der Waals surface area contributed by atoms with E-state index in [-0.39, 0.29) is 41.5 Å². The van der Waals surface area contributed by atoms with Gasteiger partial charge in [-0.3, -0.25) is 14.4 Å². The molecule has 3 aliphatic heterocycles. The zero-order chi connectivity index (χ0) is 38.9. The van der Waals surface area contributed by atoms with Gasteiger partial charge < -0.3 is 34.5 Å². The first-order chi connectivity index (χ1) is 27.3. The maximum Gasteiger partial charge on any atom is 0.307 e. The van der Waals surface area contributed by atoms with Gasteiger partial charge in [-0.1, -0.05) is 67.4 Å². The van der Waals surface area contributed by atoms with Gasteiger partial charge >= 0.3 is 5.97 Å². The number of pyridine rings is 1. The number of thiophene rings is 1. The van der Waals surface area contributed by atoms with Crippen LogP contribution in [0.2, 0.25) is 0 Å². The number of aliphatic hydroxyl groups is 1. The summed E-state index contributed by atoms with van der Waals surface area (Å²) in [5, 5.41) is 26.9. The summed E-state index contributed by atoms with van der Waals surface area (Å²) in [4.78, 5) is 42.3. The number of phenols is 1. The van der Waals surface area contributed by atoms with Gasteiger partial charge in [0.15, 0.2) is 6.10 Å². The van der Waals surface area contributed by atoms with Crippen molar-refractivity contribution in [3.63, 3.8) is 0 Å². The number of nitrogens with zero attached hydrogens (tertiary/aromatic N) is 1. The van der Waals surface area contributed by atoms with E-state index in [1.165, 1.54) is 12.1 Å². The van der Waals surface area contributed by atoms with E-state index >= 15 is 0 Å². The summed E-state index contributed by atoms with van der Waals surface area (Å²) in [5.41, 5.74) is 2.44. The molecule has 11 heteroatoms. The second-order valence-corrected chi connectivity index (χ2v) is 16.4. The van der Waals surface area contributed by atoms with Crippen LogP contribution in [0.3, 0.4) is 0 Å². The Morgan fingerprint density at radius 2 is 1.75 bits per heavy atom. The van der Waals surface area contributed by atoms with E-state index in [1.807, 2.05) is 60.0 Å². The van der Waals surface area contributed by atoms with Gasteiger partial charge in [0.2, 0.25) is 11.3 Å². The molecule has 2 bridgehead atoms. The Bertz CT molecular complexity index is 2130. The van der Waals surface area contributed by atoms with Crippen molar-refractivity contribution in [1.29, 1.82) is 0 Å². The smallest absolute Gasteiger partial charge is 0.307 e. The lowest BCUT2D eigenvalue weighted by Gasteiger charge is -2.51. The molecule has 2 aromatic heterocycles. The summed E-state index contributed by atoms with van der Waals surface area (Å²) in [6, 6.07) is 27.8. The second kappa shape index (κ2) is 18.4. The number of aromatic hydroxyl groups is 1. The van der Waals surface area contributed by atoms with Crippen molar-refractivity contribution in [2.45, 2.75) is 63.1 Å². The Labute approximate surface area is 331 Å². The summed E-state index contributed by atoms with van der Waals surface area (Å²) in [6.07, 6.45) is 5.13. The summed E-state index contributed by atoms with van der Waals surface area (Å²) in [5.74, 6) is 0.920. The topological polar surface area (TPSA) is 138 Å². The summed E-state index contributed by atoms with van der Waals surface area (Å²) < 4.78 is 13.1. The highest BCUT2D eigenvalue weighted by molar-refractivity contribution is 7.10. The molecular formula is C45H52N3O7S+. The third kappa shape index (κ3) is 9.76. The molecule has 294 valence electrons. The Morgan fingerprint density at radius 3 is 2.55 bits per heavy atom. The number of aromatic amines is 1. The number of carbonyl (C=O) groups is 2. The molecule has 5 aromatic rings. The average molecular weight is 779 g/mol. The molecular weight excluding hydrogens is 727 g/mol. The highest BCUT2D eigenvalue weighted by Gasteiger charge is 2.48. The Balaban J connectivity index is 0.851. The van der Waals surface area contributed by atoms with Crippen LogP contribution in [0.15, 0.2) is 101 Å². The summed E-state index contributed by atoms with van der Waals surface area (Å²) in [6.45, 7) is 4.77. The summed E-state index contributed by atoms with van der Waals surface area (Å²) in [7, 11) is 0. The van der Waals surface area contributed by atoms with E-state index in [1.54, 1.807) is 23.5 Å². The highest BCUT2D eigenvalue weighted by Crippen LogP contribution is 2.38. The second-order valence-electron chi connectivity index (χ2n) is 15.4. The molecule has 3 aromatic carbocycles. The maximum absolute atomic E-state index is 13.6. The molecule has 3 atom stereocenters. The number of nitrogens with one attached hydrogen (secondary N) is 2. The van der Waals surface area contributed by atoms with Crippen LogP contribution in [0.4, 0.5) is 0 Å². The van der Waals surface area contributed by atoms with Crippen molar-refractivity contribution in [3.8, 4) is 11.5 Å². The standard InChI is InChI=1S/C45H51N3O7S/c49-38-17-15-35(36-16-18-43(52)47-45(36)38)39(50)28-46-21-6-1-2-7-24-54-34-13-8-12-33(26-34)37(42-14-9-25-56-42)27-44(53)55-41-30-48(22-19-32(41)20-23-48)29-40(51)31-10-4-3-5-11-31/h3-5,8-18,25-26,32,37,39,41,46,50H,1-2,6-7,19-24,27-30H2,(H-,47,49,52)/p+1/t32?,37?,39-,41-,48?/m0/s1. The van der Waals surface area contributed by atoms with Gasteiger partial charge in [-0.25, -0.2) is 0 Å². The Morgan fingerprint density at radius 1 is 0.929 bits per heavy atom. The first-order valence-electron chi connectivity index (χ1n) is 19.9. The first-order valence-corrected chi connectivity index (χ1v) is 20.8. The SMILES string of the molecule is O=C(CC(c1cccc(OCCCCCCNC[C@H](O)c2ccc(O)c3[nH]c(=O)ccc23)c1)c1cccs1)O[C@H]1C[N+]2(CC(=O)c3ccccc3)CCC1CC2. The van der Waals surface area contributed by atoms with Crippen LogP contribution in [0.5, 0.6) is 11.5 Å². The molecule has 3 saturated heterocycles. The quantitative estimate of drug-likeness (QED) is 0.0301. The molecule has 0 saturated carbocycles. The van der Waals surface area contributed by atoms with E-state index in [4.69, 9.17) is 9.47 Å². The van der Waals surface area contributed by atoms with E-state index in [0.717, 1.165) is 79.9 Å². The third-order valence-electron chi connectivity index (χ3n) is 11.5. The zero-order valence-corrected chi connectivity index (χ0v) is 32.6. The number of quaternary nitrogens is 1. The Hall–Kier alpha value is -4.81. The molecule has 8 rings (SSSR count). The van der Waals surface area contributed by atoms with Crippen LogP contribution in [0.1, 0.15) is 83.3 Å². The zero-order valence-electron chi connectivity index (χ0n) is 31.7. The molecule has 3 aliphatic rings. The molecule has 5 heterocycles. The van der Waals surface area contributed by atoms with Gasteiger partial charge in [-0.05, 0) is 66.2 Å². The van der Waals surface area contributed by atoms with E-state index in [2.05, 4.69) is 22.4 Å². The number of Topliss-reactive ketones (excluding diaryl/α,β-unsaturated/α-hetero) is 1. The fraction of sp³-hybridized carbons (Fsp3) is 0.400. The lowest BCUT2D eigenvalue weighted by atomic mass is 9.82. The fourth-order valence-corrected chi connectivity index (χ4v) is 9.32. The van der Waals surface area contributed by atoms with Crippen LogP contribution in [0, 0.1) is 5.92 Å². The number of piperidine rings is 3. The highest BCUT2D eigenvalue weighted by atomic mass is 32.1. The normalized spacial score (nSPS) is 20.1. The van der Waals surface area contributed by atoms with Crippen molar-refractivity contribution in [3.05, 3.63) is 128 Å². The van der Waals surface area contributed by atoms with Crippen LogP contribution < -0.4 is 15.6 Å². The van der Waals surface area contributed by atoms with Crippen molar-refractivity contribution in [2.24, 2.45) is 5.92 Å². The van der Waals surface area contributed by atoms with Gasteiger partial charge in [0.05, 0.1) is 37.7 Å². The molecule has 0 aliphatic carbocycles. The van der Waals surface area contributed by atoms with Crippen molar-refractivity contribution in [1.82, 2.24) is 10.3 Å². The van der Waals surface area contributed by atoms with Crippen LogP contribution >= 0.6 is 11.3 Å². The fourth-order valence-electron chi connectivity index (χ4n) is 8.47. The van der Waals surface area contributed by atoms with Gasteiger partial charge in [-0.2, -0.15) is 0 Å². The number of rotatable bonds is 19. The molecule has 4 N–H and O–H groups in total. The maximum atomic E-state index is 13.6. The minimum absolute atomic E-state index is 0.0244. The first kappa shape index (κ1) is 39.4. The predicted molar refractivity (Wildman–Crippen MR) is 218 cm³/mol. The minimum Gasteiger partial charge on any atom is -0.506 e. The molecule has 1 unspecified atom stereocenters. The number of ether oxygens (including phenoxy) is 2. The number of hydrogen-bond donors (Lipinski definition) is 4. The molecule has 56 heavy (non-hydrogen) atoms. The van der Waals surface area contributed by atoms with Crippen LogP contribution in [-0.2, 0) is 9.53 Å². The van der Waals surface area contributed by atoms with Gasteiger partial charge in [0.25, 0.3) is 0 Å². The largest absolute Gasteiger partial charge is 0.506 e. The number of benzene rings is 3. The number of ketones is 1. The number of carbonyl (C=O) groups excluding carboxylic acids is 2. The number of esters is 1. The summed E-state index contributed by atoms with van der Waals surface area (Å²) >= 11 is 1.64. The van der Waals surface area contributed by atoms with Crippen molar-refractivity contribution < 1.29 is 33.8 Å². The van der Waals surface area contributed by atoms with Gasteiger partial charge in [0.1, 0.15) is 24.6 Å². The number of phenolic OH excluding ortho intramolecular Hbond substituents is 1. The third-order valence-corrected chi connectivity index (χ3v) is 12.5. The van der Waals surface area contributed by atoms with Crippen LogP contribution in [-0.4, -0.2) is 83.4 Å². The Kier molecular flexibility index (Phi) is 13.0. The monoisotopic (exact) mass is 778 g/mol. The lowest BCUT2D eigenvalue weighted by molar-refractivity contribution is -0.938. The molecule has 3 fully saturated rings. The average Bonchev–Trinajstić information content (AvgIpc) is 3.75. The predicted octanol–water partition coefficient (Wildman–Crippen LogP) is 7.11. The minimum atomic E-state index is -0.777. The van der Waals surface area contributed by atoms with E-state index in [9.17, 15) is 24.6 Å². The molecule has 0 spiro atoms. The lowest BCUT2D eigenvalue weighted by Crippen LogP contribution is -2.65. The molecule has 0 amide bonds. The number of aliphatic hydroxyl groups excluding tert-OH is 1.